The van der Waals surface area contributed by atoms with Gasteiger partial charge in [-0.15, -0.1) is 13.2 Å². The average Bonchev–Trinajstić information content (AvgIpc) is 3.08. The summed E-state index contributed by atoms with van der Waals surface area (Å²) in [6.45, 7) is 6.87. The van der Waals surface area contributed by atoms with Gasteiger partial charge in [-0.05, 0) is 37.5 Å². The van der Waals surface area contributed by atoms with Crippen molar-refractivity contribution in [3.63, 3.8) is 0 Å². The predicted octanol–water partition coefficient (Wildman–Crippen LogP) is 4.21. The number of aromatic nitrogens is 4. The zero-order chi connectivity index (χ0) is 22.3. The van der Waals surface area contributed by atoms with E-state index in [0.29, 0.717) is 17.3 Å². The summed E-state index contributed by atoms with van der Waals surface area (Å²) in [5.74, 6) is -1.32. The highest BCUT2D eigenvalue weighted by Gasteiger charge is 2.34. The number of hydrogen-bond donors (Lipinski definition) is 2. The third-order valence-electron chi connectivity index (χ3n) is 4.38. The van der Waals surface area contributed by atoms with Crippen molar-refractivity contribution in [1.82, 2.24) is 19.6 Å². The minimum atomic E-state index is -5.01. The van der Waals surface area contributed by atoms with Crippen molar-refractivity contribution in [2.24, 2.45) is 0 Å². The molecule has 0 amide bonds. The number of nitrogens with zero attached hydrogens (tertiary/aromatic N) is 4. The second-order valence-corrected chi connectivity index (χ2v) is 7.66. The van der Waals surface area contributed by atoms with Gasteiger partial charge < -0.3 is 15.2 Å². The first-order valence-electron chi connectivity index (χ1n) is 9.10. The molecule has 0 spiro atoms. The molecule has 2 heterocycles. The summed E-state index contributed by atoms with van der Waals surface area (Å²) in [6, 6.07) is 3.84. The van der Waals surface area contributed by atoms with Gasteiger partial charge in [-0.25, -0.2) is 9.37 Å². The van der Waals surface area contributed by atoms with E-state index in [1.54, 1.807) is 6.07 Å². The largest absolute Gasteiger partial charge is 0.573 e. The summed E-state index contributed by atoms with van der Waals surface area (Å²) >= 11 is 0. The fourth-order valence-electron chi connectivity index (χ4n) is 2.95. The molecular weight excluding hydrogens is 406 g/mol. The summed E-state index contributed by atoms with van der Waals surface area (Å²) in [4.78, 5) is 8.48. The molecule has 3 rings (SSSR count). The number of alkyl halides is 3. The number of halogens is 4. The predicted molar refractivity (Wildman–Crippen MR) is 101 cm³/mol. The van der Waals surface area contributed by atoms with E-state index >= 15 is 0 Å². The summed E-state index contributed by atoms with van der Waals surface area (Å²) in [5, 5.41) is 17.9. The van der Waals surface area contributed by atoms with E-state index in [1.165, 1.54) is 30.8 Å². The number of aliphatic hydroxyl groups is 1. The van der Waals surface area contributed by atoms with Gasteiger partial charge in [-0.2, -0.15) is 14.6 Å². The van der Waals surface area contributed by atoms with Gasteiger partial charge in [0.15, 0.2) is 11.6 Å². The fourth-order valence-corrected chi connectivity index (χ4v) is 2.95. The average molecular weight is 427 g/mol. The maximum atomic E-state index is 14.3. The molecule has 0 unspecified atom stereocenters. The van der Waals surface area contributed by atoms with Crippen LogP contribution in [0.5, 0.6) is 5.75 Å². The molecule has 0 fully saturated rings. The number of benzene rings is 1. The molecule has 3 aromatic rings. The van der Waals surface area contributed by atoms with Crippen LogP contribution >= 0.6 is 0 Å². The summed E-state index contributed by atoms with van der Waals surface area (Å²) < 4.78 is 56.6. The lowest BCUT2D eigenvalue weighted by molar-refractivity contribution is -0.275. The van der Waals surface area contributed by atoms with Crippen LogP contribution in [0.1, 0.15) is 50.9 Å². The quantitative estimate of drug-likeness (QED) is 0.574. The second kappa shape index (κ2) is 7.71. The number of ether oxygens (including phenoxy) is 1. The lowest BCUT2D eigenvalue weighted by atomic mass is 9.91. The maximum Gasteiger partial charge on any atom is 0.573 e. The van der Waals surface area contributed by atoms with E-state index in [2.05, 4.69) is 25.1 Å². The molecule has 0 radical (unpaired) electrons. The number of nitrogens with one attached hydrogen (secondary N) is 1. The van der Waals surface area contributed by atoms with Crippen LogP contribution in [-0.2, 0) is 0 Å². The third kappa shape index (κ3) is 4.78. The molecule has 0 bridgehead atoms. The number of rotatable bonds is 6. The van der Waals surface area contributed by atoms with Gasteiger partial charge in [0, 0.05) is 6.07 Å². The van der Waals surface area contributed by atoms with E-state index < -0.39 is 29.6 Å². The molecule has 0 aliphatic heterocycles. The molecule has 1 atom stereocenters. The highest BCUT2D eigenvalue weighted by atomic mass is 19.4. The molecule has 162 valence electrons. The van der Waals surface area contributed by atoms with Gasteiger partial charge in [0.05, 0.1) is 17.3 Å². The lowest BCUT2D eigenvalue weighted by Crippen LogP contribution is -2.35. The van der Waals surface area contributed by atoms with Gasteiger partial charge in [0.1, 0.15) is 12.1 Å². The SMILES string of the molecule is CC(C)c1cc(N[C@@H](c2ccc(OC(F)(F)F)c(F)c2)C(C)(C)O)n2ncnc2n1. The Bertz CT molecular complexity index is 1040. The Labute approximate surface area is 169 Å². The summed E-state index contributed by atoms with van der Waals surface area (Å²) in [6.07, 6.45) is -3.70. The van der Waals surface area contributed by atoms with Crippen LogP contribution in [0.2, 0.25) is 0 Å². The van der Waals surface area contributed by atoms with Crippen LogP contribution in [0.25, 0.3) is 5.78 Å². The molecule has 0 aliphatic carbocycles. The van der Waals surface area contributed by atoms with Crippen molar-refractivity contribution < 1.29 is 27.4 Å². The number of anilines is 1. The van der Waals surface area contributed by atoms with Crippen molar-refractivity contribution in [2.45, 2.75) is 51.6 Å². The van der Waals surface area contributed by atoms with Crippen LogP contribution in [0.3, 0.4) is 0 Å². The first kappa shape index (κ1) is 21.8. The van der Waals surface area contributed by atoms with Crippen molar-refractivity contribution in [3.05, 3.63) is 47.7 Å². The maximum absolute atomic E-state index is 14.3. The van der Waals surface area contributed by atoms with Crippen molar-refractivity contribution in [1.29, 1.82) is 0 Å². The van der Waals surface area contributed by atoms with Gasteiger partial charge in [0.25, 0.3) is 5.78 Å². The highest BCUT2D eigenvalue weighted by Crippen LogP contribution is 2.34. The second-order valence-electron chi connectivity index (χ2n) is 7.66. The van der Waals surface area contributed by atoms with Crippen LogP contribution in [-0.4, -0.2) is 36.7 Å². The number of hydrogen-bond acceptors (Lipinski definition) is 6. The van der Waals surface area contributed by atoms with E-state index in [4.69, 9.17) is 0 Å². The highest BCUT2D eigenvalue weighted by molar-refractivity contribution is 5.48. The molecule has 11 heteroatoms. The Balaban J connectivity index is 2.02. The van der Waals surface area contributed by atoms with Crippen LogP contribution < -0.4 is 10.1 Å². The molecule has 0 saturated carbocycles. The molecule has 1 aromatic carbocycles. The lowest BCUT2D eigenvalue weighted by Gasteiger charge is -2.31. The third-order valence-corrected chi connectivity index (χ3v) is 4.38. The Morgan fingerprint density at radius 2 is 1.87 bits per heavy atom. The molecule has 2 aromatic heterocycles. The smallest absolute Gasteiger partial charge is 0.403 e. The standard InChI is InChI=1S/C19H21F4N5O2/c1-10(2)13-8-15(28-17(26-13)24-9-25-28)27-16(18(3,4)29)11-5-6-14(12(20)7-11)30-19(21,22)23/h5-10,16,27,29H,1-4H3/t16-/m0/s1. The van der Waals surface area contributed by atoms with Crippen LogP contribution in [0.15, 0.2) is 30.6 Å². The Kier molecular flexibility index (Phi) is 5.59. The normalized spacial score (nSPS) is 13.7. The van der Waals surface area contributed by atoms with Crippen LogP contribution in [0, 0.1) is 5.82 Å². The Morgan fingerprint density at radius 1 is 1.17 bits per heavy atom. The fraction of sp³-hybridized carbons (Fsp3) is 0.421. The molecule has 0 saturated heterocycles. The Hall–Kier alpha value is -2.95. The van der Waals surface area contributed by atoms with Crippen molar-refractivity contribution in [3.8, 4) is 5.75 Å². The first-order valence-corrected chi connectivity index (χ1v) is 9.10. The first-order chi connectivity index (χ1) is 13.8. The molecule has 2 N–H and O–H groups in total. The summed E-state index contributed by atoms with van der Waals surface area (Å²) in [7, 11) is 0. The zero-order valence-corrected chi connectivity index (χ0v) is 16.7. The van der Waals surface area contributed by atoms with Gasteiger partial charge in [-0.1, -0.05) is 19.9 Å². The number of fused-ring (bicyclic) bond motifs is 1. The van der Waals surface area contributed by atoms with E-state index in [1.807, 2.05) is 13.8 Å². The molecule has 7 nitrogen and oxygen atoms in total. The Morgan fingerprint density at radius 3 is 2.43 bits per heavy atom. The minimum absolute atomic E-state index is 0.0732. The van der Waals surface area contributed by atoms with Gasteiger partial charge in [-0.3, -0.25) is 0 Å². The van der Waals surface area contributed by atoms with Crippen molar-refractivity contribution >= 4 is 11.6 Å². The van der Waals surface area contributed by atoms with Gasteiger partial charge in [0.2, 0.25) is 0 Å². The monoisotopic (exact) mass is 427 g/mol. The van der Waals surface area contributed by atoms with E-state index in [9.17, 15) is 22.7 Å². The summed E-state index contributed by atoms with van der Waals surface area (Å²) in [5.41, 5.74) is -0.495. The van der Waals surface area contributed by atoms with Crippen LogP contribution in [0.4, 0.5) is 23.4 Å². The molecule has 30 heavy (non-hydrogen) atoms. The topological polar surface area (TPSA) is 84.6 Å². The van der Waals surface area contributed by atoms with E-state index in [-0.39, 0.29) is 11.5 Å². The van der Waals surface area contributed by atoms with Gasteiger partial charge >= 0.3 is 6.36 Å². The molecular formula is C19H21F4N5O2. The minimum Gasteiger partial charge on any atom is -0.403 e. The van der Waals surface area contributed by atoms with Crippen molar-refractivity contribution in [2.75, 3.05) is 5.32 Å². The zero-order valence-electron chi connectivity index (χ0n) is 16.7. The molecule has 0 aliphatic rings. The van der Waals surface area contributed by atoms with E-state index in [0.717, 1.165) is 12.1 Å².